The number of amides is 3. The highest BCUT2D eigenvalue weighted by Gasteiger charge is 2.23. The molecule has 0 saturated heterocycles. The number of sulfonamides is 1. The normalized spacial score (nSPS) is 12.1. The Morgan fingerprint density at radius 2 is 1.61 bits per heavy atom. The highest BCUT2D eigenvalue weighted by atomic mass is 32.2. The first kappa shape index (κ1) is 24.0. The van der Waals surface area contributed by atoms with E-state index in [4.69, 9.17) is 0 Å². The van der Waals surface area contributed by atoms with Crippen molar-refractivity contribution in [2.45, 2.75) is 38.3 Å². The predicted octanol–water partition coefficient (Wildman–Crippen LogP) is 1.09. The van der Waals surface area contributed by atoms with Gasteiger partial charge in [-0.1, -0.05) is 50.2 Å². The molecule has 2 aromatic rings. The van der Waals surface area contributed by atoms with Crippen LogP contribution in [0.2, 0.25) is 0 Å². The van der Waals surface area contributed by atoms with Crippen molar-refractivity contribution in [2.75, 3.05) is 0 Å². The van der Waals surface area contributed by atoms with Gasteiger partial charge in [-0.05, 0) is 29.7 Å². The summed E-state index contributed by atoms with van der Waals surface area (Å²) in [7, 11) is -3.85. The average Bonchev–Trinajstić information content (AvgIpc) is 2.74. The summed E-state index contributed by atoms with van der Waals surface area (Å²) in [6.07, 6.45) is 0. The van der Waals surface area contributed by atoms with Crippen LogP contribution in [-0.4, -0.2) is 32.2 Å². The summed E-state index contributed by atoms with van der Waals surface area (Å²) in [6, 6.07) is 13.6. The van der Waals surface area contributed by atoms with E-state index in [0.717, 1.165) is 5.56 Å². The summed E-state index contributed by atoms with van der Waals surface area (Å²) in [6.45, 7) is 4.89. The van der Waals surface area contributed by atoms with Crippen LogP contribution < -0.4 is 20.9 Å². The van der Waals surface area contributed by atoms with Gasteiger partial charge in [-0.15, -0.1) is 0 Å². The second-order valence-corrected chi connectivity index (χ2v) is 8.97. The summed E-state index contributed by atoms with van der Waals surface area (Å²) < 4.78 is 27.6. The minimum atomic E-state index is -3.85. The molecular formula is C21H26N4O5S. The Hall–Kier alpha value is -3.24. The smallest absolute Gasteiger partial charge is 0.269 e. The Bertz CT molecular complexity index is 1040. The Balaban J connectivity index is 2.04. The van der Waals surface area contributed by atoms with Crippen LogP contribution in [0, 0.1) is 5.92 Å². The summed E-state index contributed by atoms with van der Waals surface area (Å²) >= 11 is 0. The van der Waals surface area contributed by atoms with Crippen LogP contribution in [0.5, 0.6) is 0 Å². The highest BCUT2D eigenvalue weighted by molar-refractivity contribution is 7.89. The molecule has 166 valence electrons. The third kappa shape index (κ3) is 7.19. The van der Waals surface area contributed by atoms with E-state index in [1.807, 2.05) is 6.07 Å². The summed E-state index contributed by atoms with van der Waals surface area (Å²) in [5, 5.41) is 2.51. The fourth-order valence-corrected chi connectivity index (χ4v) is 3.75. The lowest BCUT2D eigenvalue weighted by molar-refractivity contribution is -0.129. The SMILES string of the molecule is CC(=O)NC(C(=O)NNC(=O)c1cccc(S(=O)(=O)NCc2ccccc2)c1)C(C)C. The third-order valence-corrected chi connectivity index (χ3v) is 5.72. The average molecular weight is 447 g/mol. The molecule has 0 bridgehead atoms. The van der Waals surface area contributed by atoms with E-state index in [-0.39, 0.29) is 28.8 Å². The van der Waals surface area contributed by atoms with Crippen molar-refractivity contribution < 1.29 is 22.8 Å². The molecule has 0 aromatic heterocycles. The van der Waals surface area contributed by atoms with Gasteiger partial charge in [0.1, 0.15) is 6.04 Å². The first-order valence-electron chi connectivity index (χ1n) is 9.61. The molecule has 0 aliphatic carbocycles. The zero-order valence-corrected chi connectivity index (χ0v) is 18.3. The van der Waals surface area contributed by atoms with Crippen molar-refractivity contribution in [1.29, 1.82) is 0 Å². The maximum atomic E-state index is 12.6. The van der Waals surface area contributed by atoms with Crippen molar-refractivity contribution in [2.24, 2.45) is 5.92 Å². The van der Waals surface area contributed by atoms with Gasteiger partial charge < -0.3 is 5.32 Å². The van der Waals surface area contributed by atoms with Crippen LogP contribution in [-0.2, 0) is 26.2 Å². The number of benzene rings is 2. The molecule has 4 N–H and O–H groups in total. The molecule has 2 aromatic carbocycles. The summed E-state index contributed by atoms with van der Waals surface area (Å²) in [4.78, 5) is 35.8. The van der Waals surface area contributed by atoms with Crippen LogP contribution >= 0.6 is 0 Å². The van der Waals surface area contributed by atoms with Crippen LogP contribution in [0.4, 0.5) is 0 Å². The van der Waals surface area contributed by atoms with Gasteiger partial charge in [-0.3, -0.25) is 25.2 Å². The molecule has 0 radical (unpaired) electrons. The molecule has 0 heterocycles. The van der Waals surface area contributed by atoms with Gasteiger partial charge in [0.25, 0.3) is 11.8 Å². The number of carbonyl (C=O) groups is 3. The van der Waals surface area contributed by atoms with Crippen molar-refractivity contribution in [3.63, 3.8) is 0 Å². The predicted molar refractivity (Wildman–Crippen MR) is 115 cm³/mol. The van der Waals surface area contributed by atoms with Crippen LogP contribution in [0.25, 0.3) is 0 Å². The zero-order valence-electron chi connectivity index (χ0n) is 17.5. The Labute approximate surface area is 181 Å². The van der Waals surface area contributed by atoms with Gasteiger partial charge >= 0.3 is 0 Å². The molecule has 0 aliphatic heterocycles. The van der Waals surface area contributed by atoms with Gasteiger partial charge in [-0.2, -0.15) is 0 Å². The molecule has 9 nitrogen and oxygen atoms in total. The highest BCUT2D eigenvalue weighted by Crippen LogP contribution is 2.12. The topological polar surface area (TPSA) is 133 Å². The molecule has 0 saturated carbocycles. The fraction of sp³-hybridized carbons (Fsp3) is 0.286. The van der Waals surface area contributed by atoms with Gasteiger partial charge in [0.2, 0.25) is 15.9 Å². The molecule has 1 unspecified atom stereocenters. The first-order valence-corrected chi connectivity index (χ1v) is 11.1. The molecule has 3 amide bonds. The van der Waals surface area contributed by atoms with Gasteiger partial charge in [0, 0.05) is 19.0 Å². The van der Waals surface area contributed by atoms with E-state index in [1.165, 1.54) is 31.2 Å². The maximum absolute atomic E-state index is 12.6. The lowest BCUT2D eigenvalue weighted by Crippen LogP contribution is -2.54. The molecule has 2 rings (SSSR count). The maximum Gasteiger partial charge on any atom is 0.269 e. The van der Waals surface area contributed by atoms with E-state index in [0.29, 0.717) is 0 Å². The number of rotatable bonds is 8. The lowest BCUT2D eigenvalue weighted by atomic mass is 10.0. The van der Waals surface area contributed by atoms with Crippen LogP contribution in [0.3, 0.4) is 0 Å². The Morgan fingerprint density at radius 3 is 2.23 bits per heavy atom. The van der Waals surface area contributed by atoms with E-state index in [2.05, 4.69) is 20.9 Å². The van der Waals surface area contributed by atoms with Crippen LogP contribution in [0.15, 0.2) is 59.5 Å². The summed E-state index contributed by atoms with van der Waals surface area (Å²) in [5.41, 5.74) is 5.33. The molecule has 0 spiro atoms. The summed E-state index contributed by atoms with van der Waals surface area (Å²) in [5.74, 6) is -1.86. The quantitative estimate of drug-likeness (QED) is 0.451. The van der Waals surface area contributed by atoms with Crippen molar-refractivity contribution in [3.05, 3.63) is 65.7 Å². The van der Waals surface area contributed by atoms with Crippen molar-refractivity contribution in [3.8, 4) is 0 Å². The number of hydrogen-bond donors (Lipinski definition) is 4. The second-order valence-electron chi connectivity index (χ2n) is 7.20. The molecular weight excluding hydrogens is 420 g/mol. The van der Waals surface area contributed by atoms with Gasteiger partial charge in [0.15, 0.2) is 0 Å². The minimum Gasteiger partial charge on any atom is -0.344 e. The van der Waals surface area contributed by atoms with Gasteiger partial charge in [0.05, 0.1) is 4.90 Å². The molecule has 10 heteroatoms. The number of hydrogen-bond acceptors (Lipinski definition) is 5. The lowest BCUT2D eigenvalue weighted by Gasteiger charge is -2.21. The number of carbonyl (C=O) groups excluding carboxylic acids is 3. The fourth-order valence-electron chi connectivity index (χ4n) is 2.68. The third-order valence-electron chi connectivity index (χ3n) is 4.32. The largest absolute Gasteiger partial charge is 0.344 e. The Morgan fingerprint density at radius 1 is 0.935 bits per heavy atom. The number of nitrogens with one attached hydrogen (secondary N) is 4. The zero-order chi connectivity index (χ0) is 23.0. The standard InChI is InChI=1S/C21H26N4O5S/c1-14(2)19(23-15(3)26)21(28)25-24-20(27)17-10-7-11-18(12-17)31(29,30)22-13-16-8-5-4-6-9-16/h4-12,14,19,22H,13H2,1-3H3,(H,23,26)(H,24,27)(H,25,28). The van der Waals surface area contributed by atoms with Crippen molar-refractivity contribution >= 4 is 27.7 Å². The molecule has 31 heavy (non-hydrogen) atoms. The minimum absolute atomic E-state index is 0.0449. The monoisotopic (exact) mass is 446 g/mol. The number of hydrazine groups is 1. The van der Waals surface area contributed by atoms with Crippen LogP contribution in [0.1, 0.15) is 36.7 Å². The first-order chi connectivity index (χ1) is 14.6. The van der Waals surface area contributed by atoms with Gasteiger partial charge in [-0.25, -0.2) is 13.1 Å². The van der Waals surface area contributed by atoms with E-state index in [1.54, 1.807) is 38.1 Å². The van der Waals surface area contributed by atoms with Crippen molar-refractivity contribution in [1.82, 2.24) is 20.9 Å². The van der Waals surface area contributed by atoms with E-state index in [9.17, 15) is 22.8 Å². The molecule has 1 atom stereocenters. The Kier molecular flexibility index (Phi) is 8.29. The molecule has 0 fully saturated rings. The van der Waals surface area contributed by atoms with E-state index < -0.39 is 27.9 Å². The van der Waals surface area contributed by atoms with E-state index >= 15 is 0 Å². The molecule has 0 aliphatic rings. The second kappa shape index (κ2) is 10.7.